The third-order valence-corrected chi connectivity index (χ3v) is 8.73. The van der Waals surface area contributed by atoms with Crippen molar-refractivity contribution in [1.29, 1.82) is 0 Å². The van der Waals surface area contributed by atoms with Crippen LogP contribution in [0.4, 0.5) is 27.6 Å². The van der Waals surface area contributed by atoms with E-state index in [1.807, 2.05) is 18.7 Å². The number of rotatable bonds is 6. The summed E-state index contributed by atoms with van der Waals surface area (Å²) in [5.74, 6) is -0.890. The average molecular weight is 639 g/mol. The van der Waals surface area contributed by atoms with Crippen LogP contribution in [0.2, 0.25) is 0 Å². The van der Waals surface area contributed by atoms with Crippen LogP contribution >= 0.6 is 0 Å². The summed E-state index contributed by atoms with van der Waals surface area (Å²) in [6.45, 7) is 8.94. The lowest BCUT2D eigenvalue weighted by Crippen LogP contribution is -2.37. The minimum absolute atomic E-state index is 0.0142. The van der Waals surface area contributed by atoms with Crippen LogP contribution in [-0.4, -0.2) is 41.0 Å². The minimum atomic E-state index is -4.51. The van der Waals surface area contributed by atoms with Crippen LogP contribution < -0.4 is 10.3 Å². The SMILES string of the molecule is CC(C)(c1ccc(F)cc1)c1noc(-c2cn(C(C)(C)c3ccc(C(F)(F)F)cc3)c3cc(N4CCOCC4)c(F)cc3c2=O)n1. The fraction of sp³-hybridized carbons (Fsp3) is 0.324. The highest BCUT2D eigenvalue weighted by atomic mass is 19.4. The lowest BCUT2D eigenvalue weighted by atomic mass is 9.84. The van der Waals surface area contributed by atoms with Gasteiger partial charge in [-0.15, -0.1) is 0 Å². The number of halogens is 5. The number of alkyl halides is 3. The molecule has 3 aromatic carbocycles. The highest BCUT2D eigenvalue weighted by Gasteiger charge is 2.34. The molecule has 0 spiro atoms. The number of hydrogen-bond acceptors (Lipinski definition) is 6. The van der Waals surface area contributed by atoms with E-state index in [2.05, 4.69) is 10.1 Å². The Morgan fingerprint density at radius 1 is 0.826 bits per heavy atom. The van der Waals surface area contributed by atoms with E-state index in [0.717, 1.165) is 12.1 Å². The van der Waals surface area contributed by atoms with Gasteiger partial charge in [-0.25, -0.2) is 8.78 Å². The molecule has 0 aliphatic carbocycles. The molecule has 1 aliphatic heterocycles. The largest absolute Gasteiger partial charge is 0.416 e. The van der Waals surface area contributed by atoms with E-state index in [0.29, 0.717) is 42.9 Å². The summed E-state index contributed by atoms with van der Waals surface area (Å²) in [6.07, 6.45) is -2.99. The van der Waals surface area contributed by atoms with Crippen LogP contribution in [0.1, 0.15) is 50.2 Å². The van der Waals surface area contributed by atoms with E-state index in [4.69, 9.17) is 9.26 Å². The number of ether oxygens (including phenoxy) is 1. The Kier molecular flexibility index (Phi) is 7.74. The van der Waals surface area contributed by atoms with Gasteiger partial charge in [0.2, 0.25) is 5.43 Å². The maximum absolute atomic E-state index is 15.7. The molecule has 240 valence electrons. The van der Waals surface area contributed by atoms with E-state index in [-0.39, 0.29) is 28.4 Å². The first-order chi connectivity index (χ1) is 21.7. The van der Waals surface area contributed by atoms with Crippen molar-refractivity contribution in [2.75, 3.05) is 31.2 Å². The highest BCUT2D eigenvalue weighted by molar-refractivity contribution is 5.86. The number of benzene rings is 3. The average Bonchev–Trinajstić information content (AvgIpc) is 3.53. The predicted octanol–water partition coefficient (Wildman–Crippen LogP) is 7.29. The lowest BCUT2D eigenvalue weighted by molar-refractivity contribution is -0.137. The third-order valence-electron chi connectivity index (χ3n) is 8.73. The summed E-state index contributed by atoms with van der Waals surface area (Å²) >= 11 is 0. The van der Waals surface area contributed by atoms with Gasteiger partial charge in [-0.05, 0) is 75.2 Å². The quantitative estimate of drug-likeness (QED) is 0.182. The van der Waals surface area contributed by atoms with Gasteiger partial charge in [0, 0.05) is 24.7 Å². The minimum Gasteiger partial charge on any atom is -0.378 e. The smallest absolute Gasteiger partial charge is 0.378 e. The topological polar surface area (TPSA) is 73.4 Å². The van der Waals surface area contributed by atoms with Gasteiger partial charge >= 0.3 is 6.18 Å². The second-order valence-electron chi connectivity index (χ2n) is 12.4. The molecule has 0 saturated carbocycles. The standard InChI is InChI=1S/C34H31F5N4O3/c1-32(2,20-9-11-23(35)12-10-20)31-40-30(46-41-31)25-19-43(33(3,4)21-5-7-22(8-6-21)34(37,38)39)27-18-28(42-13-15-45-16-14-42)26(36)17-24(27)29(25)44/h5-12,17-19H,13-16H2,1-4H3. The Morgan fingerprint density at radius 2 is 1.43 bits per heavy atom. The Labute approximate surface area is 261 Å². The van der Waals surface area contributed by atoms with Gasteiger partial charge in [-0.3, -0.25) is 4.79 Å². The Balaban J connectivity index is 1.54. The normalized spacial score (nSPS) is 14.7. The summed E-state index contributed by atoms with van der Waals surface area (Å²) in [4.78, 5) is 20.4. The molecule has 2 aromatic heterocycles. The molecule has 0 unspecified atom stereocenters. The van der Waals surface area contributed by atoms with Crippen molar-refractivity contribution in [3.05, 3.63) is 111 Å². The number of hydrogen-bond donors (Lipinski definition) is 0. The van der Waals surface area contributed by atoms with Gasteiger partial charge < -0.3 is 18.7 Å². The number of nitrogens with zero attached hydrogens (tertiary/aromatic N) is 4. The molecule has 7 nitrogen and oxygen atoms in total. The van der Waals surface area contributed by atoms with Crippen LogP contribution in [0.25, 0.3) is 22.4 Å². The summed E-state index contributed by atoms with van der Waals surface area (Å²) in [5, 5.41) is 4.16. The fourth-order valence-corrected chi connectivity index (χ4v) is 5.78. The molecule has 0 radical (unpaired) electrons. The second-order valence-corrected chi connectivity index (χ2v) is 12.4. The van der Waals surface area contributed by atoms with Gasteiger partial charge in [-0.1, -0.05) is 29.4 Å². The monoisotopic (exact) mass is 638 g/mol. The Bertz CT molecular complexity index is 1960. The first kappa shape index (κ1) is 31.4. The Morgan fingerprint density at radius 3 is 2.07 bits per heavy atom. The molecule has 3 heterocycles. The molecule has 12 heteroatoms. The summed E-state index contributed by atoms with van der Waals surface area (Å²) < 4.78 is 82.1. The van der Waals surface area contributed by atoms with Crippen molar-refractivity contribution in [1.82, 2.24) is 14.7 Å². The maximum atomic E-state index is 15.7. The van der Waals surface area contributed by atoms with E-state index in [9.17, 15) is 22.4 Å². The summed E-state index contributed by atoms with van der Waals surface area (Å²) in [7, 11) is 0. The molecule has 6 rings (SSSR count). The molecule has 0 amide bonds. The third kappa shape index (κ3) is 5.55. The van der Waals surface area contributed by atoms with Crippen molar-refractivity contribution < 1.29 is 31.2 Å². The van der Waals surface area contributed by atoms with Crippen LogP contribution in [0, 0.1) is 11.6 Å². The van der Waals surface area contributed by atoms with Gasteiger partial charge in [-0.2, -0.15) is 18.2 Å². The van der Waals surface area contributed by atoms with Crippen molar-refractivity contribution in [3.63, 3.8) is 0 Å². The zero-order valence-corrected chi connectivity index (χ0v) is 25.6. The van der Waals surface area contributed by atoms with Crippen molar-refractivity contribution >= 4 is 16.6 Å². The van der Waals surface area contributed by atoms with E-state index >= 15 is 4.39 Å². The van der Waals surface area contributed by atoms with Crippen LogP contribution in [0.5, 0.6) is 0 Å². The zero-order chi connectivity index (χ0) is 33.0. The van der Waals surface area contributed by atoms with E-state index in [1.54, 1.807) is 36.6 Å². The van der Waals surface area contributed by atoms with Gasteiger partial charge in [0.15, 0.2) is 5.82 Å². The van der Waals surface area contributed by atoms with Crippen molar-refractivity contribution in [2.24, 2.45) is 0 Å². The van der Waals surface area contributed by atoms with Crippen LogP contribution in [0.3, 0.4) is 0 Å². The Hall–Kier alpha value is -4.58. The van der Waals surface area contributed by atoms with Crippen molar-refractivity contribution in [2.45, 2.75) is 44.8 Å². The van der Waals surface area contributed by atoms with Gasteiger partial charge in [0.25, 0.3) is 5.89 Å². The van der Waals surface area contributed by atoms with Gasteiger partial charge in [0.1, 0.15) is 17.2 Å². The second kappa shape index (κ2) is 11.3. The molecule has 46 heavy (non-hydrogen) atoms. The molecule has 0 bridgehead atoms. The molecule has 1 aliphatic rings. The van der Waals surface area contributed by atoms with Crippen LogP contribution in [0.15, 0.2) is 76.2 Å². The molecule has 0 N–H and O–H groups in total. The first-order valence-electron chi connectivity index (χ1n) is 14.7. The number of fused-ring (bicyclic) bond motifs is 1. The summed E-state index contributed by atoms with van der Waals surface area (Å²) in [5.41, 5.74) is -1.37. The lowest BCUT2D eigenvalue weighted by Gasteiger charge is -2.33. The number of anilines is 1. The molecular formula is C34H31F5N4O3. The molecule has 5 aromatic rings. The molecule has 0 atom stereocenters. The van der Waals surface area contributed by atoms with E-state index < -0.39 is 39.8 Å². The van der Waals surface area contributed by atoms with Gasteiger partial charge in [0.05, 0.1) is 40.9 Å². The summed E-state index contributed by atoms with van der Waals surface area (Å²) in [6, 6.07) is 13.4. The molecule has 1 fully saturated rings. The maximum Gasteiger partial charge on any atom is 0.416 e. The molecule has 1 saturated heterocycles. The highest BCUT2D eigenvalue weighted by Crippen LogP contribution is 2.37. The molecular weight excluding hydrogens is 607 g/mol. The number of aromatic nitrogens is 3. The predicted molar refractivity (Wildman–Crippen MR) is 163 cm³/mol. The van der Waals surface area contributed by atoms with Crippen LogP contribution in [-0.2, 0) is 21.9 Å². The fourth-order valence-electron chi connectivity index (χ4n) is 5.78. The zero-order valence-electron chi connectivity index (χ0n) is 25.6. The number of morpholine rings is 1. The number of pyridine rings is 1. The first-order valence-corrected chi connectivity index (χ1v) is 14.7. The van der Waals surface area contributed by atoms with Crippen molar-refractivity contribution in [3.8, 4) is 11.5 Å². The van der Waals surface area contributed by atoms with E-state index in [1.165, 1.54) is 36.5 Å².